The van der Waals surface area contributed by atoms with Crippen molar-refractivity contribution >= 4 is 28.9 Å². The Morgan fingerprint density at radius 3 is 2.38 bits per heavy atom. The summed E-state index contributed by atoms with van der Waals surface area (Å²) in [4.78, 5) is 17.9. The largest absolute Gasteiger partial charge is 0.493 e. The highest BCUT2D eigenvalue weighted by Crippen LogP contribution is 2.44. The first-order chi connectivity index (χ1) is 17.9. The molecule has 0 bridgehead atoms. The van der Waals surface area contributed by atoms with Crippen LogP contribution in [0.25, 0.3) is 0 Å². The topological polar surface area (TPSA) is 42.0 Å². The van der Waals surface area contributed by atoms with Crippen LogP contribution < -0.4 is 19.3 Å². The van der Waals surface area contributed by atoms with Crippen LogP contribution in [0.3, 0.4) is 0 Å². The number of rotatable bonds is 9. The van der Waals surface area contributed by atoms with E-state index in [1.54, 1.807) is 7.11 Å². The maximum atomic E-state index is 13.7. The molecule has 0 spiro atoms. The molecule has 194 valence electrons. The first kappa shape index (κ1) is 25.5. The molecule has 0 N–H and O–H groups in total. The normalized spacial score (nSPS) is 17.8. The van der Waals surface area contributed by atoms with E-state index in [4.69, 9.17) is 21.1 Å². The van der Waals surface area contributed by atoms with Crippen molar-refractivity contribution < 1.29 is 14.3 Å². The number of nitrogens with zero attached hydrogens (tertiary/aromatic N) is 2. The first-order valence-corrected chi connectivity index (χ1v) is 13.5. The van der Waals surface area contributed by atoms with Gasteiger partial charge in [0.25, 0.3) is 0 Å². The number of amides is 1. The van der Waals surface area contributed by atoms with Crippen LogP contribution in [0.15, 0.2) is 60.7 Å². The van der Waals surface area contributed by atoms with Gasteiger partial charge in [0.1, 0.15) is 0 Å². The van der Waals surface area contributed by atoms with Crippen LogP contribution in [0.2, 0.25) is 5.02 Å². The Balaban J connectivity index is 1.58. The molecule has 1 unspecified atom stereocenters. The molecule has 0 saturated heterocycles. The molecule has 6 heteroatoms. The molecule has 2 aliphatic rings. The van der Waals surface area contributed by atoms with Gasteiger partial charge in [-0.05, 0) is 97.3 Å². The van der Waals surface area contributed by atoms with Crippen molar-refractivity contribution in [1.82, 2.24) is 0 Å². The Kier molecular flexibility index (Phi) is 7.34. The van der Waals surface area contributed by atoms with Gasteiger partial charge in [0.2, 0.25) is 5.91 Å². The molecule has 5 nitrogen and oxygen atoms in total. The molecule has 1 amide bonds. The van der Waals surface area contributed by atoms with E-state index in [2.05, 4.69) is 49.2 Å². The maximum absolute atomic E-state index is 13.7. The highest BCUT2D eigenvalue weighted by atomic mass is 35.5. The number of methoxy groups -OCH3 is 1. The van der Waals surface area contributed by atoms with Crippen LogP contribution in [0.4, 0.5) is 11.4 Å². The van der Waals surface area contributed by atoms with Crippen molar-refractivity contribution in [3.63, 3.8) is 0 Å². The average Bonchev–Trinajstić information content (AvgIpc) is 3.72. The molecular weight excluding hydrogens is 484 g/mol. The zero-order valence-electron chi connectivity index (χ0n) is 22.0. The second-order valence-electron chi connectivity index (χ2n) is 10.3. The lowest BCUT2D eigenvalue weighted by molar-refractivity contribution is -0.118. The summed E-state index contributed by atoms with van der Waals surface area (Å²) in [7, 11) is 3.78. The van der Waals surface area contributed by atoms with E-state index in [-0.39, 0.29) is 18.1 Å². The van der Waals surface area contributed by atoms with Crippen molar-refractivity contribution in [2.75, 3.05) is 30.5 Å². The summed E-state index contributed by atoms with van der Waals surface area (Å²) in [5.74, 6) is 2.20. The van der Waals surface area contributed by atoms with E-state index in [0.717, 1.165) is 46.9 Å². The number of hydrogen-bond acceptors (Lipinski definition) is 4. The van der Waals surface area contributed by atoms with Gasteiger partial charge in [-0.15, -0.1) is 0 Å². The standard InChI is InChI=1S/C31H35ClN2O3/c1-5-20(2)37-29-18-27-23(16-28(29)36-4)17-30(35)34(31(27)22-8-10-24(32)11-9-22)26-14-12-25(13-15-26)33(3)19-21-6-7-21/h8-16,18,20-21,31H,5-7,17,19H2,1-4H3/t20?,31-/m0/s1. The minimum absolute atomic E-state index is 0.0439. The van der Waals surface area contributed by atoms with E-state index in [1.807, 2.05) is 42.2 Å². The third-order valence-corrected chi connectivity index (χ3v) is 7.73. The highest BCUT2D eigenvalue weighted by molar-refractivity contribution is 6.30. The molecular formula is C31H35ClN2O3. The number of halogens is 1. The van der Waals surface area contributed by atoms with Gasteiger partial charge < -0.3 is 19.3 Å². The van der Waals surface area contributed by atoms with Crippen LogP contribution >= 0.6 is 11.6 Å². The van der Waals surface area contributed by atoms with Crippen LogP contribution in [0, 0.1) is 5.92 Å². The summed E-state index contributed by atoms with van der Waals surface area (Å²) in [6, 6.07) is 19.8. The molecule has 5 rings (SSSR count). The lowest BCUT2D eigenvalue weighted by Crippen LogP contribution is -2.41. The Morgan fingerprint density at radius 2 is 1.76 bits per heavy atom. The third kappa shape index (κ3) is 5.42. The predicted octanol–water partition coefficient (Wildman–Crippen LogP) is 7.05. The number of anilines is 2. The SMILES string of the molecule is CCC(C)Oc1cc2c(cc1OC)CC(=O)N(c1ccc(N(C)CC3CC3)cc1)[C@H]2c1ccc(Cl)cc1. The first-order valence-electron chi connectivity index (χ1n) is 13.1. The molecule has 1 aliphatic heterocycles. The van der Waals surface area contributed by atoms with Gasteiger partial charge in [-0.2, -0.15) is 0 Å². The predicted molar refractivity (Wildman–Crippen MR) is 150 cm³/mol. The molecule has 0 radical (unpaired) electrons. The molecule has 3 aromatic carbocycles. The van der Waals surface area contributed by atoms with Crippen LogP contribution in [-0.2, 0) is 11.2 Å². The maximum Gasteiger partial charge on any atom is 0.232 e. The highest BCUT2D eigenvalue weighted by Gasteiger charge is 2.36. The monoisotopic (exact) mass is 518 g/mol. The minimum Gasteiger partial charge on any atom is -0.493 e. The van der Waals surface area contributed by atoms with Crippen molar-refractivity contribution in [3.05, 3.63) is 82.4 Å². The summed E-state index contributed by atoms with van der Waals surface area (Å²) in [5, 5.41) is 0.663. The third-order valence-electron chi connectivity index (χ3n) is 7.48. The van der Waals surface area contributed by atoms with Crippen molar-refractivity contribution in [1.29, 1.82) is 0 Å². The van der Waals surface area contributed by atoms with Crippen molar-refractivity contribution in [2.24, 2.45) is 5.92 Å². The van der Waals surface area contributed by atoms with Crippen molar-refractivity contribution in [3.8, 4) is 11.5 Å². The van der Waals surface area contributed by atoms with Crippen LogP contribution in [0.1, 0.15) is 55.8 Å². The molecule has 37 heavy (non-hydrogen) atoms. The fourth-order valence-electron chi connectivity index (χ4n) is 5.04. The number of carbonyl (C=O) groups is 1. The summed E-state index contributed by atoms with van der Waals surface area (Å²) >= 11 is 6.24. The zero-order chi connectivity index (χ0) is 26.1. The second-order valence-corrected chi connectivity index (χ2v) is 10.7. The van der Waals surface area contributed by atoms with E-state index in [0.29, 0.717) is 22.9 Å². The zero-order valence-corrected chi connectivity index (χ0v) is 22.8. The number of hydrogen-bond donors (Lipinski definition) is 0. The Labute approximate surface area is 224 Å². The van der Waals surface area contributed by atoms with Gasteiger partial charge in [-0.3, -0.25) is 4.79 Å². The lowest BCUT2D eigenvalue weighted by Gasteiger charge is -2.38. The Hall–Kier alpha value is -3.18. The van der Waals surface area contributed by atoms with E-state index in [9.17, 15) is 4.79 Å². The fourth-order valence-corrected chi connectivity index (χ4v) is 5.16. The summed E-state index contributed by atoms with van der Waals surface area (Å²) < 4.78 is 11.9. The van der Waals surface area contributed by atoms with Gasteiger partial charge >= 0.3 is 0 Å². The minimum atomic E-state index is -0.311. The van der Waals surface area contributed by atoms with Crippen molar-refractivity contribution in [2.45, 2.75) is 51.7 Å². The summed E-state index contributed by atoms with van der Waals surface area (Å²) in [6.45, 7) is 5.22. The average molecular weight is 519 g/mol. The number of benzene rings is 3. The van der Waals surface area contributed by atoms with Crippen LogP contribution in [-0.4, -0.2) is 32.7 Å². The van der Waals surface area contributed by atoms with Gasteiger partial charge in [0.05, 0.1) is 25.7 Å². The number of ether oxygens (including phenoxy) is 2. The van der Waals surface area contributed by atoms with Gasteiger partial charge in [-0.25, -0.2) is 0 Å². The summed E-state index contributed by atoms with van der Waals surface area (Å²) in [6.07, 6.45) is 3.86. The van der Waals surface area contributed by atoms with Gasteiger partial charge in [-0.1, -0.05) is 30.7 Å². The molecule has 2 atom stereocenters. The van der Waals surface area contributed by atoms with E-state index in [1.165, 1.54) is 12.8 Å². The molecule has 1 aliphatic carbocycles. The second kappa shape index (κ2) is 10.7. The van der Waals surface area contributed by atoms with E-state index < -0.39 is 0 Å². The molecule has 1 fully saturated rings. The lowest BCUT2D eigenvalue weighted by atomic mass is 9.86. The number of carbonyl (C=O) groups excluding carboxylic acids is 1. The summed E-state index contributed by atoms with van der Waals surface area (Å²) in [5.41, 5.74) is 5.02. The Morgan fingerprint density at radius 1 is 1.05 bits per heavy atom. The molecule has 3 aromatic rings. The molecule has 1 heterocycles. The number of fused-ring (bicyclic) bond motifs is 1. The molecule has 0 aromatic heterocycles. The fraction of sp³-hybridized carbons (Fsp3) is 0.387. The quantitative estimate of drug-likeness (QED) is 0.304. The van der Waals surface area contributed by atoms with Gasteiger partial charge in [0, 0.05) is 30.0 Å². The Bertz CT molecular complexity index is 1250. The van der Waals surface area contributed by atoms with Gasteiger partial charge in [0.15, 0.2) is 11.5 Å². The molecule has 1 saturated carbocycles. The smallest absolute Gasteiger partial charge is 0.232 e. The van der Waals surface area contributed by atoms with E-state index >= 15 is 0 Å². The van der Waals surface area contributed by atoms with Crippen LogP contribution in [0.5, 0.6) is 11.5 Å².